The van der Waals surface area contributed by atoms with Crippen molar-refractivity contribution in [3.63, 3.8) is 0 Å². The first kappa shape index (κ1) is 23.9. The summed E-state index contributed by atoms with van der Waals surface area (Å²) in [5, 5.41) is 3.83. The summed E-state index contributed by atoms with van der Waals surface area (Å²) in [6.45, 7) is 12.0. The topological polar surface area (TPSA) is 130 Å². The Labute approximate surface area is 168 Å². The molecule has 0 unspecified atom stereocenters. The molecular formula is C18H28N3O8+. The molecular weight excluding hydrogens is 386 g/mol. The summed E-state index contributed by atoms with van der Waals surface area (Å²) in [4.78, 5) is 41.0. The summed E-state index contributed by atoms with van der Waals surface area (Å²) >= 11 is 0. The molecule has 0 aromatic carbocycles. The minimum atomic E-state index is -1.00. The predicted octanol–water partition coefficient (Wildman–Crippen LogP) is 2.33. The molecule has 1 aromatic heterocycles. The van der Waals surface area contributed by atoms with Crippen molar-refractivity contribution >= 4 is 30.1 Å². The lowest BCUT2D eigenvalue weighted by Gasteiger charge is -2.18. The minimum Gasteiger partial charge on any atom is -0.462 e. The van der Waals surface area contributed by atoms with E-state index in [0.717, 1.165) is 0 Å². The van der Waals surface area contributed by atoms with Crippen LogP contribution < -0.4 is 10.2 Å². The van der Waals surface area contributed by atoms with Crippen molar-refractivity contribution in [1.29, 1.82) is 0 Å². The van der Waals surface area contributed by atoms with E-state index >= 15 is 0 Å². The molecule has 0 saturated carbocycles. The first-order valence-electron chi connectivity index (χ1n) is 9.13. The summed E-state index contributed by atoms with van der Waals surface area (Å²) < 4.78 is 21.4. The Hall–Kier alpha value is -3.11. The Balaban J connectivity index is 3.26. The maximum Gasteiger partial charge on any atom is 0.533 e. The zero-order valence-electron chi connectivity index (χ0n) is 17.7. The number of nitrogens with one attached hydrogen (secondary N) is 1. The average Bonchev–Trinajstić information content (AvgIpc) is 2.99. The second-order valence-electron chi connectivity index (χ2n) is 6.99. The predicted molar refractivity (Wildman–Crippen MR) is 99.3 cm³/mol. The van der Waals surface area contributed by atoms with Gasteiger partial charge in [0.05, 0.1) is 13.2 Å². The van der Waals surface area contributed by atoms with Gasteiger partial charge < -0.3 is 19.0 Å². The molecule has 1 rings (SSSR count). The van der Waals surface area contributed by atoms with Crippen LogP contribution in [0.1, 0.15) is 60.2 Å². The molecule has 0 atom stereocenters. The molecule has 1 heterocycles. The van der Waals surface area contributed by atoms with Gasteiger partial charge in [-0.15, -0.1) is 0 Å². The molecule has 11 nitrogen and oxygen atoms in total. The highest BCUT2D eigenvalue weighted by molar-refractivity contribution is 6.17. The lowest BCUT2D eigenvalue weighted by atomic mass is 10.2. The van der Waals surface area contributed by atoms with E-state index in [1.54, 1.807) is 48.5 Å². The van der Waals surface area contributed by atoms with E-state index in [0.29, 0.717) is 0 Å². The number of ether oxygens (including phenoxy) is 3. The fourth-order valence-corrected chi connectivity index (χ4v) is 1.97. The van der Waals surface area contributed by atoms with Crippen LogP contribution in [0.3, 0.4) is 0 Å². The SMILES string of the molecule is CCOC(=O)C(=Cc1c(NOC(=O)OC(C)(C)C)on[n+]1C(C)C)C(=O)OCC. The van der Waals surface area contributed by atoms with Crippen LogP contribution in [0, 0.1) is 0 Å². The van der Waals surface area contributed by atoms with Crippen LogP contribution in [0.25, 0.3) is 6.08 Å². The van der Waals surface area contributed by atoms with E-state index in [9.17, 15) is 14.4 Å². The number of aromatic nitrogens is 2. The summed E-state index contributed by atoms with van der Waals surface area (Å²) in [5.41, 5.74) is 1.31. The van der Waals surface area contributed by atoms with Gasteiger partial charge in [0.15, 0.2) is 11.6 Å². The Morgan fingerprint density at radius 1 is 1.14 bits per heavy atom. The normalized spacial score (nSPS) is 10.9. The van der Waals surface area contributed by atoms with Crippen molar-refractivity contribution in [3.05, 3.63) is 11.3 Å². The summed E-state index contributed by atoms with van der Waals surface area (Å²) in [6, 6.07) is -0.215. The molecule has 0 bridgehead atoms. The smallest absolute Gasteiger partial charge is 0.462 e. The lowest BCUT2D eigenvalue weighted by molar-refractivity contribution is -0.780. The lowest BCUT2D eigenvalue weighted by Crippen LogP contribution is -2.41. The highest BCUT2D eigenvalue weighted by Gasteiger charge is 2.31. The molecule has 0 aliphatic heterocycles. The number of anilines is 1. The number of hydrogen-bond donors (Lipinski definition) is 1. The molecule has 0 radical (unpaired) electrons. The van der Waals surface area contributed by atoms with Gasteiger partial charge in [0, 0.05) is 19.9 Å². The first-order chi connectivity index (χ1) is 13.5. The van der Waals surface area contributed by atoms with Gasteiger partial charge in [-0.25, -0.2) is 14.4 Å². The van der Waals surface area contributed by atoms with Gasteiger partial charge in [0.25, 0.3) is 0 Å². The molecule has 0 amide bonds. The molecule has 0 spiro atoms. The molecule has 0 saturated heterocycles. The number of esters is 2. The van der Waals surface area contributed by atoms with Gasteiger partial charge in [0.1, 0.15) is 5.60 Å². The van der Waals surface area contributed by atoms with Crippen LogP contribution in [0.15, 0.2) is 10.1 Å². The molecule has 0 fully saturated rings. The van der Waals surface area contributed by atoms with E-state index in [1.165, 1.54) is 10.8 Å². The van der Waals surface area contributed by atoms with Gasteiger partial charge in [-0.1, -0.05) is 0 Å². The van der Waals surface area contributed by atoms with Crippen LogP contribution >= 0.6 is 0 Å². The van der Waals surface area contributed by atoms with Crippen molar-refractivity contribution in [2.45, 2.75) is 60.1 Å². The third kappa shape index (κ3) is 7.43. The average molecular weight is 414 g/mol. The monoisotopic (exact) mass is 414 g/mol. The highest BCUT2D eigenvalue weighted by Crippen LogP contribution is 2.18. The third-order valence-corrected chi connectivity index (χ3v) is 3.08. The van der Waals surface area contributed by atoms with Crippen LogP contribution in [-0.4, -0.2) is 42.2 Å². The van der Waals surface area contributed by atoms with Gasteiger partial charge in [-0.3, -0.25) is 4.52 Å². The molecule has 1 N–H and O–H groups in total. The van der Waals surface area contributed by atoms with Gasteiger partial charge >= 0.3 is 29.7 Å². The maximum absolute atomic E-state index is 12.2. The molecule has 1 aromatic rings. The Morgan fingerprint density at radius 2 is 1.69 bits per heavy atom. The van der Waals surface area contributed by atoms with E-state index in [2.05, 4.69) is 10.8 Å². The van der Waals surface area contributed by atoms with E-state index in [1.807, 2.05) is 0 Å². The maximum atomic E-state index is 12.2. The van der Waals surface area contributed by atoms with Crippen molar-refractivity contribution in [2.75, 3.05) is 18.7 Å². The number of rotatable bonds is 8. The third-order valence-electron chi connectivity index (χ3n) is 3.08. The zero-order chi connectivity index (χ0) is 22.2. The van der Waals surface area contributed by atoms with E-state index in [-0.39, 0.29) is 36.4 Å². The zero-order valence-corrected chi connectivity index (χ0v) is 17.7. The van der Waals surface area contributed by atoms with Crippen molar-refractivity contribution in [3.8, 4) is 0 Å². The quantitative estimate of drug-likeness (QED) is 0.129. The molecule has 29 heavy (non-hydrogen) atoms. The van der Waals surface area contributed by atoms with Crippen LogP contribution in [0.2, 0.25) is 0 Å². The fraction of sp³-hybridized carbons (Fsp3) is 0.611. The number of hydrogen-bond acceptors (Lipinski definition) is 10. The van der Waals surface area contributed by atoms with Crippen LogP contribution in [0.5, 0.6) is 0 Å². The summed E-state index contributed by atoms with van der Waals surface area (Å²) in [6.07, 6.45) is 0.184. The van der Waals surface area contributed by atoms with Crippen molar-refractivity contribution in [2.24, 2.45) is 0 Å². The minimum absolute atomic E-state index is 0.0657. The second kappa shape index (κ2) is 10.4. The van der Waals surface area contributed by atoms with Crippen molar-refractivity contribution < 1.29 is 42.6 Å². The molecule has 11 heteroatoms. The number of nitrogens with zero attached hydrogens (tertiary/aromatic N) is 2. The summed E-state index contributed by atoms with van der Waals surface area (Å²) in [5.74, 6) is -1.88. The van der Waals surface area contributed by atoms with Crippen LogP contribution in [-0.2, 0) is 28.6 Å². The largest absolute Gasteiger partial charge is 0.533 e. The Morgan fingerprint density at radius 3 is 2.14 bits per heavy atom. The fourth-order valence-electron chi connectivity index (χ4n) is 1.97. The molecule has 0 aliphatic rings. The Kier molecular flexibility index (Phi) is 8.61. The standard InChI is InChI=1S/C18H27N3O8/c1-8-25-15(22)12(16(23)26-9-2)10-13-14(28-20-21(13)11(3)4)19-29-17(24)27-18(5,6)7/h10-11H,8-9H2,1-7H3/p+1. The highest BCUT2D eigenvalue weighted by atomic mass is 16.8. The van der Waals surface area contributed by atoms with E-state index in [4.69, 9.17) is 23.6 Å². The number of carbonyl (C=O) groups is 3. The van der Waals surface area contributed by atoms with Gasteiger partial charge in [0.2, 0.25) is 5.27 Å². The summed E-state index contributed by atoms with van der Waals surface area (Å²) in [7, 11) is 0. The van der Waals surface area contributed by atoms with Gasteiger partial charge in [-0.05, 0) is 39.3 Å². The first-order valence-corrected chi connectivity index (χ1v) is 9.13. The number of carbonyl (C=O) groups excluding carboxylic acids is 3. The molecule has 162 valence electrons. The van der Waals surface area contributed by atoms with Crippen molar-refractivity contribution in [1.82, 2.24) is 5.27 Å². The molecule has 0 aliphatic carbocycles. The Bertz CT molecular complexity index is 742. The van der Waals surface area contributed by atoms with E-state index < -0.39 is 23.7 Å². The van der Waals surface area contributed by atoms with Crippen LogP contribution in [0.4, 0.5) is 10.7 Å². The van der Waals surface area contributed by atoms with Gasteiger partial charge in [-0.2, -0.15) is 5.48 Å². The second-order valence-corrected chi connectivity index (χ2v) is 6.99.